The van der Waals surface area contributed by atoms with Crippen LogP contribution in [0.5, 0.6) is 23.0 Å². The molecule has 3 rings (SSSR count). The van der Waals surface area contributed by atoms with Crippen LogP contribution in [-0.4, -0.2) is 61.6 Å². The summed E-state index contributed by atoms with van der Waals surface area (Å²) >= 11 is 0. The number of aromatic nitrogens is 1. The van der Waals surface area contributed by atoms with Crippen molar-refractivity contribution in [2.75, 3.05) is 35.0 Å². The van der Waals surface area contributed by atoms with Gasteiger partial charge < -0.3 is 29.0 Å². The van der Waals surface area contributed by atoms with Crippen LogP contribution in [0, 0.1) is 0 Å². The third-order valence-corrected chi connectivity index (χ3v) is 5.06. The molecule has 1 saturated carbocycles. The van der Waals surface area contributed by atoms with Gasteiger partial charge in [0.1, 0.15) is 12.4 Å². The number of ether oxygens (including phenoxy) is 4. The van der Waals surface area contributed by atoms with Gasteiger partial charge in [-0.1, -0.05) is 0 Å². The van der Waals surface area contributed by atoms with E-state index in [2.05, 4.69) is 4.98 Å². The Bertz CT molecular complexity index is 866. The van der Waals surface area contributed by atoms with Gasteiger partial charge in [0, 0.05) is 24.4 Å². The minimum atomic E-state index is -0.956. The number of pyridine rings is 1. The maximum atomic E-state index is 11.2. The van der Waals surface area contributed by atoms with Gasteiger partial charge in [-0.05, 0) is 31.0 Å². The van der Waals surface area contributed by atoms with Crippen molar-refractivity contribution in [3.8, 4) is 34.1 Å². The van der Waals surface area contributed by atoms with Gasteiger partial charge >= 0.3 is 6.09 Å². The quantitative estimate of drug-likeness (QED) is 0.742. The molecule has 1 fully saturated rings. The maximum absolute atomic E-state index is 11.2. The molecule has 1 N–H and O–H groups in total. The molecular weight excluding hydrogens is 364 g/mol. The first-order chi connectivity index (χ1) is 13.5. The number of methoxy groups -OCH3 is 3. The minimum absolute atomic E-state index is 0.282. The van der Waals surface area contributed by atoms with Gasteiger partial charge in [0.15, 0.2) is 11.5 Å². The van der Waals surface area contributed by atoms with Crippen LogP contribution in [0.3, 0.4) is 0 Å². The highest BCUT2D eigenvalue weighted by atomic mass is 16.5. The summed E-state index contributed by atoms with van der Waals surface area (Å²) in [6.07, 6.45) is 3.92. The number of amides is 1. The molecule has 0 bridgehead atoms. The van der Waals surface area contributed by atoms with Crippen LogP contribution in [0.15, 0.2) is 30.6 Å². The van der Waals surface area contributed by atoms with Crippen LogP contribution in [-0.2, 0) is 0 Å². The molecule has 1 heterocycles. The van der Waals surface area contributed by atoms with E-state index >= 15 is 0 Å². The topological polar surface area (TPSA) is 90.4 Å². The first kappa shape index (κ1) is 19.6. The number of nitrogens with zero attached hydrogens (tertiary/aromatic N) is 2. The van der Waals surface area contributed by atoms with Gasteiger partial charge in [0.05, 0.1) is 33.1 Å². The summed E-state index contributed by atoms with van der Waals surface area (Å²) in [6.45, 7) is 0.282. The molecule has 1 aliphatic carbocycles. The molecule has 8 nitrogen and oxygen atoms in total. The van der Waals surface area contributed by atoms with Crippen LogP contribution in [0.4, 0.5) is 4.79 Å². The lowest BCUT2D eigenvalue weighted by Gasteiger charge is -2.25. The van der Waals surface area contributed by atoms with Gasteiger partial charge in [-0.25, -0.2) is 4.79 Å². The van der Waals surface area contributed by atoms with E-state index in [0.29, 0.717) is 23.0 Å². The normalized spacial score (nSPS) is 14.1. The summed E-state index contributed by atoms with van der Waals surface area (Å²) in [6, 6.07) is 5.50. The van der Waals surface area contributed by atoms with E-state index in [0.717, 1.165) is 24.0 Å². The highest BCUT2D eigenvalue weighted by Crippen LogP contribution is 2.45. The summed E-state index contributed by atoms with van der Waals surface area (Å²) in [7, 11) is 6.25. The Morgan fingerprint density at radius 1 is 1.14 bits per heavy atom. The first-order valence-corrected chi connectivity index (χ1v) is 8.79. The fraction of sp³-hybridized carbons (Fsp3) is 0.400. The predicted molar refractivity (Wildman–Crippen MR) is 103 cm³/mol. The van der Waals surface area contributed by atoms with E-state index in [1.54, 1.807) is 46.8 Å². The highest BCUT2D eigenvalue weighted by molar-refractivity contribution is 5.76. The van der Waals surface area contributed by atoms with Gasteiger partial charge in [0.2, 0.25) is 5.75 Å². The van der Waals surface area contributed by atoms with E-state index in [1.807, 2.05) is 12.1 Å². The van der Waals surface area contributed by atoms with Gasteiger partial charge in [-0.2, -0.15) is 0 Å². The average molecular weight is 388 g/mol. The molecule has 0 radical (unpaired) electrons. The average Bonchev–Trinajstić information content (AvgIpc) is 3.51. The van der Waals surface area contributed by atoms with Gasteiger partial charge in [0.25, 0.3) is 0 Å². The second kappa shape index (κ2) is 7.84. The maximum Gasteiger partial charge on any atom is 0.407 e. The zero-order valence-electron chi connectivity index (χ0n) is 16.4. The van der Waals surface area contributed by atoms with Crippen LogP contribution in [0.2, 0.25) is 0 Å². The molecule has 1 amide bonds. The summed E-state index contributed by atoms with van der Waals surface area (Å²) in [5.74, 6) is 2.15. The second-order valence-electron chi connectivity index (χ2n) is 6.65. The highest BCUT2D eigenvalue weighted by Gasteiger charge is 2.49. The van der Waals surface area contributed by atoms with Crippen molar-refractivity contribution in [1.82, 2.24) is 9.88 Å². The Balaban J connectivity index is 1.85. The first-order valence-electron chi connectivity index (χ1n) is 8.79. The Morgan fingerprint density at radius 3 is 2.43 bits per heavy atom. The monoisotopic (exact) mass is 388 g/mol. The lowest BCUT2D eigenvalue weighted by molar-refractivity contribution is 0.109. The van der Waals surface area contributed by atoms with Crippen molar-refractivity contribution in [2.24, 2.45) is 0 Å². The molecule has 0 saturated heterocycles. The van der Waals surface area contributed by atoms with Crippen molar-refractivity contribution in [3.63, 3.8) is 0 Å². The molecule has 28 heavy (non-hydrogen) atoms. The fourth-order valence-electron chi connectivity index (χ4n) is 3.12. The van der Waals surface area contributed by atoms with Crippen LogP contribution >= 0.6 is 0 Å². The van der Waals surface area contributed by atoms with E-state index in [9.17, 15) is 9.90 Å². The molecular formula is C20H24N2O6. The number of rotatable bonds is 8. The molecule has 1 aromatic carbocycles. The number of likely N-dealkylation sites (N-methyl/N-ethyl adjacent to an activating group) is 1. The Hall–Kier alpha value is -3.16. The smallest absolute Gasteiger partial charge is 0.407 e. The molecule has 8 heteroatoms. The van der Waals surface area contributed by atoms with Crippen LogP contribution in [0.25, 0.3) is 11.1 Å². The summed E-state index contributed by atoms with van der Waals surface area (Å²) in [4.78, 5) is 16.8. The van der Waals surface area contributed by atoms with Crippen molar-refractivity contribution >= 4 is 6.09 Å². The zero-order valence-corrected chi connectivity index (χ0v) is 16.4. The number of carbonyl (C=O) groups is 1. The second-order valence-corrected chi connectivity index (χ2v) is 6.65. The lowest BCUT2D eigenvalue weighted by Crippen LogP contribution is -2.42. The van der Waals surface area contributed by atoms with E-state index in [-0.39, 0.29) is 6.61 Å². The summed E-state index contributed by atoms with van der Waals surface area (Å²) < 4.78 is 22.2. The van der Waals surface area contributed by atoms with E-state index in [1.165, 1.54) is 4.90 Å². The number of hydrogen-bond acceptors (Lipinski definition) is 6. The summed E-state index contributed by atoms with van der Waals surface area (Å²) in [5.41, 5.74) is 1.11. The van der Waals surface area contributed by atoms with Crippen LogP contribution in [0.1, 0.15) is 12.8 Å². The molecule has 1 aromatic heterocycles. The molecule has 1 aliphatic rings. The molecule has 2 aromatic rings. The third-order valence-electron chi connectivity index (χ3n) is 5.06. The van der Waals surface area contributed by atoms with Crippen molar-refractivity contribution in [2.45, 2.75) is 18.4 Å². The Morgan fingerprint density at radius 2 is 1.86 bits per heavy atom. The number of benzene rings is 1. The van der Waals surface area contributed by atoms with Gasteiger partial charge in [-0.3, -0.25) is 4.98 Å². The number of hydrogen-bond donors (Lipinski definition) is 1. The molecule has 0 spiro atoms. The minimum Gasteiger partial charge on any atom is -0.493 e. The van der Waals surface area contributed by atoms with Crippen molar-refractivity contribution in [3.05, 3.63) is 30.6 Å². The Labute approximate surface area is 163 Å². The SMILES string of the molecule is COc1ccc(-c2cncc(OCC3(N(C)C(=O)O)CC3)c2)c(OC)c1OC. The standard InChI is InChI=1S/C20H24N2O6/c1-22(19(23)24)20(7-8-20)12-28-14-9-13(10-21-11-14)15-5-6-16(25-2)18(27-4)17(15)26-3/h5-6,9-11H,7-8,12H2,1-4H3,(H,23,24). The number of carboxylic acid groups (broad SMARTS) is 1. The predicted octanol–water partition coefficient (Wildman–Crippen LogP) is 3.30. The third kappa shape index (κ3) is 3.62. The largest absolute Gasteiger partial charge is 0.493 e. The Kier molecular flexibility index (Phi) is 5.48. The zero-order chi connectivity index (χ0) is 20.3. The van der Waals surface area contributed by atoms with Crippen molar-refractivity contribution < 1.29 is 28.8 Å². The van der Waals surface area contributed by atoms with Gasteiger partial charge in [-0.15, -0.1) is 0 Å². The molecule has 0 atom stereocenters. The van der Waals surface area contributed by atoms with E-state index in [4.69, 9.17) is 18.9 Å². The van der Waals surface area contributed by atoms with Crippen molar-refractivity contribution in [1.29, 1.82) is 0 Å². The molecule has 0 aliphatic heterocycles. The summed E-state index contributed by atoms with van der Waals surface area (Å²) in [5, 5.41) is 9.22. The molecule has 150 valence electrons. The lowest BCUT2D eigenvalue weighted by atomic mass is 10.1. The molecule has 0 unspecified atom stereocenters. The van der Waals surface area contributed by atoms with Crippen LogP contribution < -0.4 is 18.9 Å². The van der Waals surface area contributed by atoms with E-state index < -0.39 is 11.6 Å². The fourth-order valence-corrected chi connectivity index (χ4v) is 3.12.